The summed E-state index contributed by atoms with van der Waals surface area (Å²) >= 11 is 0. The first-order valence-corrected chi connectivity index (χ1v) is 26.3. The van der Waals surface area contributed by atoms with E-state index >= 15 is 0 Å². The molecule has 16 nitrogen and oxygen atoms in total. The highest BCUT2D eigenvalue weighted by atomic mass is 16.5. The van der Waals surface area contributed by atoms with Gasteiger partial charge in [-0.3, -0.25) is 38.9 Å². The molecule has 1 unspecified atom stereocenters. The van der Waals surface area contributed by atoms with Crippen LogP contribution in [0.25, 0.3) is 22.2 Å². The first kappa shape index (κ1) is 53.0. The standard InChI is InChI=1S/C56H78N8O8/c1-12-63-45-18-17-37-29-41(45)42(49(63)40-15-13-24-57-48(40)36(4)70-11)31-54(5,6)34-72-53(69)43-16-14-25-64(59-43)52(68)44(30-38-32-61(37)27-28-71-38)58-51(67)47(35(2)3)39-19-22-56(50(39)66)23-26-62(33-56)46(65)20-21-55(7,8)60(9)10/h13,15,17-18,24,29,35-36,38-39,43-44,47,59H,12,14,16,19,22-23,25-28,30-34H2,1-11H3,(H,58,67)/t36-,38-,39?,43-,44-,47+,56-/m0/s1. The fourth-order valence-electron chi connectivity index (χ4n) is 11.7. The summed E-state index contributed by atoms with van der Waals surface area (Å²) in [6.45, 7) is 19.6. The Bertz CT molecular complexity index is 2610. The van der Waals surface area contributed by atoms with E-state index in [4.69, 9.17) is 19.2 Å². The summed E-state index contributed by atoms with van der Waals surface area (Å²) in [4.78, 5) is 82.6. The van der Waals surface area contributed by atoms with Crippen molar-refractivity contribution in [2.75, 3.05) is 72.0 Å². The van der Waals surface area contributed by atoms with Gasteiger partial charge in [-0.15, -0.1) is 0 Å². The Morgan fingerprint density at radius 3 is 2.57 bits per heavy atom. The van der Waals surface area contributed by atoms with Crippen LogP contribution in [0.15, 0.2) is 36.5 Å². The van der Waals surface area contributed by atoms with Gasteiger partial charge in [0.05, 0.1) is 42.3 Å². The van der Waals surface area contributed by atoms with E-state index in [1.54, 1.807) is 18.2 Å². The van der Waals surface area contributed by atoms with Crippen molar-refractivity contribution >= 4 is 46.1 Å². The van der Waals surface area contributed by atoms with E-state index in [2.05, 4.69) is 77.1 Å². The predicted octanol–water partition coefficient (Wildman–Crippen LogP) is 5.95. The number of hydrogen-bond donors (Lipinski definition) is 2. The number of hydrogen-bond acceptors (Lipinski definition) is 12. The molecule has 2 N–H and O–H groups in total. The number of nitrogens with one attached hydrogen (secondary N) is 2. The molecule has 5 aliphatic rings. The SMILES string of the molecule is CCn1c(-c2cccnc2[C@H](C)OC)c2c3cc(ccc31)N1CCO[C@@H](C[C@H](NC(=O)[C@H](C(C)C)C3CC[C@@]4(CCN(C(=O)C#CC(C)(C)N(C)C)C4)C3=O)C(=O)N3CCC[C@H](N3)C(=O)OCC(C)(C)C2)C1. The molecule has 0 radical (unpaired) electrons. The number of carbonyl (C=O) groups is 5. The first-order valence-electron chi connectivity index (χ1n) is 26.3. The minimum absolute atomic E-state index is 0.00434. The minimum Gasteiger partial charge on any atom is -0.464 e. The van der Waals surface area contributed by atoms with E-state index < -0.39 is 52.4 Å². The van der Waals surface area contributed by atoms with Crippen molar-refractivity contribution in [3.05, 3.63) is 47.8 Å². The van der Waals surface area contributed by atoms with Crippen LogP contribution < -0.4 is 15.6 Å². The molecule has 7 atom stereocenters. The third kappa shape index (κ3) is 10.7. The van der Waals surface area contributed by atoms with E-state index in [1.807, 2.05) is 59.7 Å². The number of hydrazine groups is 1. The minimum atomic E-state index is -1.03. The van der Waals surface area contributed by atoms with Gasteiger partial charge in [0, 0.05) is 104 Å². The van der Waals surface area contributed by atoms with Gasteiger partial charge in [0.2, 0.25) is 5.91 Å². The summed E-state index contributed by atoms with van der Waals surface area (Å²) in [5, 5.41) is 5.73. The Labute approximate surface area is 426 Å². The number of aryl methyl sites for hydroxylation is 1. The quantitative estimate of drug-likeness (QED) is 0.192. The average Bonchev–Trinajstić information content (AvgIpc) is 4.03. The zero-order valence-corrected chi connectivity index (χ0v) is 44.6. The number of aromatic nitrogens is 2. The molecule has 8 rings (SSSR count). The largest absolute Gasteiger partial charge is 0.464 e. The van der Waals surface area contributed by atoms with E-state index in [-0.39, 0.29) is 55.1 Å². The second-order valence-corrected chi connectivity index (χ2v) is 22.8. The van der Waals surface area contributed by atoms with Crippen LogP contribution in [-0.4, -0.2) is 145 Å². The number of likely N-dealkylation sites (tertiary alicyclic amines) is 1. The number of amides is 3. The zero-order chi connectivity index (χ0) is 51.9. The smallest absolute Gasteiger partial charge is 0.324 e. The maximum absolute atomic E-state index is 14.9. The maximum Gasteiger partial charge on any atom is 0.324 e. The van der Waals surface area contributed by atoms with Crippen LogP contribution in [0, 0.1) is 40.4 Å². The number of ketones is 1. The molecule has 1 aliphatic carbocycles. The monoisotopic (exact) mass is 991 g/mol. The lowest BCUT2D eigenvalue weighted by Crippen LogP contribution is -2.61. The van der Waals surface area contributed by atoms with Gasteiger partial charge in [0.15, 0.2) is 0 Å². The lowest BCUT2D eigenvalue weighted by Gasteiger charge is -2.39. The Kier molecular flexibility index (Phi) is 15.6. The number of nitrogens with zero attached hydrogens (tertiary/aromatic N) is 6. The van der Waals surface area contributed by atoms with Crippen LogP contribution >= 0.6 is 0 Å². The number of morpholine rings is 1. The molecule has 3 amide bonds. The molecule has 1 aromatic carbocycles. The number of pyridine rings is 1. The van der Waals surface area contributed by atoms with Crippen LogP contribution in [0.5, 0.6) is 0 Å². The number of ether oxygens (including phenoxy) is 3. The highest BCUT2D eigenvalue weighted by Gasteiger charge is 2.55. The number of rotatable bonds is 9. The fraction of sp³-hybridized carbons (Fsp3) is 0.643. The Morgan fingerprint density at radius 2 is 1.85 bits per heavy atom. The van der Waals surface area contributed by atoms with Crippen molar-refractivity contribution < 1.29 is 38.2 Å². The molecule has 4 aliphatic heterocycles. The Morgan fingerprint density at radius 1 is 1.07 bits per heavy atom. The number of Topliss-reactive ketones (excluding diaryl/α,β-unsaturated/α-hetero) is 1. The molecular weight excluding hydrogens is 913 g/mol. The van der Waals surface area contributed by atoms with E-state index in [0.29, 0.717) is 77.9 Å². The predicted molar refractivity (Wildman–Crippen MR) is 276 cm³/mol. The van der Waals surface area contributed by atoms with E-state index in [0.717, 1.165) is 39.1 Å². The van der Waals surface area contributed by atoms with E-state index in [1.165, 1.54) is 5.01 Å². The number of fused-ring (bicyclic) bond motifs is 6. The summed E-state index contributed by atoms with van der Waals surface area (Å²) in [5.74, 6) is 2.92. The molecule has 4 fully saturated rings. The van der Waals surface area contributed by atoms with Gasteiger partial charge < -0.3 is 33.9 Å². The number of cyclic esters (lactones) is 1. The molecule has 3 aromatic rings. The van der Waals surface area contributed by atoms with Crippen molar-refractivity contribution in [3.63, 3.8) is 0 Å². The summed E-state index contributed by atoms with van der Waals surface area (Å²) in [5.41, 5.74) is 7.58. The third-order valence-electron chi connectivity index (χ3n) is 16.4. The highest BCUT2D eigenvalue weighted by Crippen LogP contribution is 2.49. The zero-order valence-electron chi connectivity index (χ0n) is 44.6. The van der Waals surface area contributed by atoms with Gasteiger partial charge in [-0.2, -0.15) is 0 Å². The molecule has 1 saturated carbocycles. The lowest BCUT2D eigenvalue weighted by atomic mass is 9.76. The first-order chi connectivity index (χ1) is 34.2. The number of methoxy groups -OCH3 is 1. The molecule has 6 heterocycles. The second kappa shape index (κ2) is 21.2. The molecule has 1 spiro atoms. The molecular formula is C56H78N8O8. The maximum atomic E-state index is 14.9. The van der Waals surface area contributed by atoms with Crippen molar-refractivity contribution in [2.45, 2.75) is 137 Å². The Hall–Kier alpha value is -5.34. The molecule has 3 saturated heterocycles. The average molecular weight is 991 g/mol. The summed E-state index contributed by atoms with van der Waals surface area (Å²) in [6.07, 6.45) is 4.51. The van der Waals surface area contributed by atoms with Gasteiger partial charge in [0.1, 0.15) is 17.9 Å². The van der Waals surface area contributed by atoms with Gasteiger partial charge in [-0.05, 0) is 128 Å². The van der Waals surface area contributed by atoms with Crippen LogP contribution in [-0.2, 0) is 51.1 Å². The van der Waals surface area contributed by atoms with Crippen LogP contribution in [0.1, 0.15) is 111 Å². The summed E-state index contributed by atoms with van der Waals surface area (Å²) in [7, 11) is 5.53. The van der Waals surface area contributed by atoms with Gasteiger partial charge in [-0.25, -0.2) is 5.43 Å². The van der Waals surface area contributed by atoms with Crippen LogP contribution in [0.3, 0.4) is 0 Å². The lowest BCUT2D eigenvalue weighted by molar-refractivity contribution is -0.156. The second-order valence-electron chi connectivity index (χ2n) is 22.8. The van der Waals surface area contributed by atoms with Crippen molar-refractivity contribution in [2.24, 2.45) is 28.6 Å². The molecule has 2 aromatic heterocycles. The number of esters is 1. The molecule has 16 heteroatoms. The van der Waals surface area contributed by atoms with Gasteiger partial charge in [0.25, 0.3) is 11.8 Å². The van der Waals surface area contributed by atoms with E-state index in [9.17, 15) is 24.0 Å². The highest BCUT2D eigenvalue weighted by molar-refractivity contribution is 5.99. The van der Waals surface area contributed by atoms with Crippen molar-refractivity contribution in [1.29, 1.82) is 0 Å². The number of benzene rings is 1. The van der Waals surface area contributed by atoms with Crippen LogP contribution in [0.4, 0.5) is 5.69 Å². The van der Waals surface area contributed by atoms with Gasteiger partial charge in [-0.1, -0.05) is 33.6 Å². The third-order valence-corrected chi connectivity index (χ3v) is 16.4. The van der Waals surface area contributed by atoms with Crippen molar-refractivity contribution in [3.8, 4) is 23.1 Å². The molecule has 72 heavy (non-hydrogen) atoms. The Balaban J connectivity index is 1.10. The molecule has 6 bridgehead atoms. The van der Waals surface area contributed by atoms with Crippen molar-refractivity contribution in [1.82, 2.24) is 35.1 Å². The topological polar surface area (TPSA) is 168 Å². The molecule has 390 valence electrons. The summed E-state index contributed by atoms with van der Waals surface area (Å²) in [6, 6.07) is 8.86. The fourth-order valence-corrected chi connectivity index (χ4v) is 11.7. The number of anilines is 1. The van der Waals surface area contributed by atoms with Crippen LogP contribution in [0.2, 0.25) is 0 Å². The normalized spacial score (nSPS) is 25.9. The summed E-state index contributed by atoms with van der Waals surface area (Å²) < 4.78 is 20.8. The number of carbonyl (C=O) groups excluding carboxylic acids is 5. The van der Waals surface area contributed by atoms with Gasteiger partial charge >= 0.3 is 5.97 Å².